The number of nitrogens with one attached hydrogen (secondary N) is 1. The Kier molecular flexibility index (Phi) is 5.28. The van der Waals surface area contributed by atoms with E-state index >= 15 is 0 Å². The number of aromatic nitrogens is 4. The average molecular weight is 423 g/mol. The molecule has 0 saturated carbocycles. The molecule has 3 heterocycles. The molecule has 0 aliphatic rings. The molecular weight excluding hydrogens is 401 g/mol. The summed E-state index contributed by atoms with van der Waals surface area (Å²) in [5, 5.41) is 16.7. The molecule has 0 unspecified atom stereocenters. The highest BCUT2D eigenvalue weighted by Crippen LogP contribution is 2.25. The van der Waals surface area contributed by atoms with E-state index in [4.69, 9.17) is 4.52 Å². The van der Waals surface area contributed by atoms with Gasteiger partial charge in [0, 0.05) is 23.9 Å². The zero-order valence-corrected chi connectivity index (χ0v) is 17.4. The lowest BCUT2D eigenvalue weighted by molar-refractivity contribution is 0.0689. The van der Waals surface area contributed by atoms with Gasteiger partial charge in [-0.1, -0.05) is 17.3 Å². The van der Waals surface area contributed by atoms with E-state index in [1.165, 1.54) is 28.9 Å². The smallest absolute Gasteiger partial charge is 0.274 e. The van der Waals surface area contributed by atoms with Gasteiger partial charge in [0.25, 0.3) is 5.91 Å². The van der Waals surface area contributed by atoms with Crippen LogP contribution in [-0.2, 0) is 6.42 Å². The maximum absolute atomic E-state index is 13.6. The normalized spacial score (nSPS) is 11.8. The second kappa shape index (κ2) is 7.92. The van der Waals surface area contributed by atoms with Crippen LogP contribution in [0.5, 0.6) is 0 Å². The molecule has 0 aliphatic heterocycles. The number of rotatable bonds is 6. The van der Waals surface area contributed by atoms with E-state index < -0.39 is 17.3 Å². The minimum absolute atomic E-state index is 0.216. The van der Waals surface area contributed by atoms with Crippen LogP contribution in [0, 0.1) is 12.7 Å². The first-order valence-electron chi connectivity index (χ1n) is 9.79. The predicted molar refractivity (Wildman–Crippen MR) is 112 cm³/mol. The molecule has 1 aromatic carbocycles. The standard InChI is InChI=1S/C22H22FN5O3/c1-13-4-5-14(20-26-19(31-27-20)8-9-22(2,3)30)10-16(13)25-21(29)17-11-24-18-7-6-15(23)12-28(17)18/h4-7,10-12,30H,8-9H2,1-3H3,(H,25,29). The van der Waals surface area contributed by atoms with E-state index in [0.717, 1.165) is 5.56 Å². The van der Waals surface area contributed by atoms with Gasteiger partial charge in [-0.2, -0.15) is 4.98 Å². The Labute approximate surface area is 177 Å². The number of imidazole rings is 1. The Bertz CT molecular complexity index is 1260. The second-order valence-electron chi connectivity index (χ2n) is 8.03. The first kappa shape index (κ1) is 20.7. The Morgan fingerprint density at radius 3 is 2.87 bits per heavy atom. The molecule has 160 valence electrons. The van der Waals surface area contributed by atoms with Crippen molar-refractivity contribution in [3.63, 3.8) is 0 Å². The maximum atomic E-state index is 13.6. The van der Waals surface area contributed by atoms with Gasteiger partial charge in [-0.15, -0.1) is 0 Å². The number of carbonyl (C=O) groups is 1. The lowest BCUT2D eigenvalue weighted by atomic mass is 10.0. The third-order valence-electron chi connectivity index (χ3n) is 4.86. The van der Waals surface area contributed by atoms with Crippen LogP contribution in [0.3, 0.4) is 0 Å². The molecule has 0 aliphatic carbocycles. The third kappa shape index (κ3) is 4.61. The number of carbonyl (C=O) groups excluding carboxylic acids is 1. The summed E-state index contributed by atoms with van der Waals surface area (Å²) in [7, 11) is 0. The number of fused-ring (bicyclic) bond motifs is 1. The van der Waals surface area contributed by atoms with Gasteiger partial charge in [0.05, 0.1) is 11.8 Å². The number of benzene rings is 1. The molecule has 0 fully saturated rings. The predicted octanol–water partition coefficient (Wildman–Crippen LogP) is 3.79. The van der Waals surface area contributed by atoms with Gasteiger partial charge in [0.2, 0.25) is 11.7 Å². The number of hydrogen-bond donors (Lipinski definition) is 2. The number of anilines is 1. The summed E-state index contributed by atoms with van der Waals surface area (Å²) < 4.78 is 20.3. The fourth-order valence-corrected chi connectivity index (χ4v) is 3.09. The van der Waals surface area contributed by atoms with E-state index in [0.29, 0.717) is 41.5 Å². The summed E-state index contributed by atoms with van der Waals surface area (Å²) in [6.07, 6.45) is 3.56. The highest BCUT2D eigenvalue weighted by molar-refractivity contribution is 6.04. The van der Waals surface area contributed by atoms with Crippen molar-refractivity contribution in [3.8, 4) is 11.4 Å². The van der Waals surface area contributed by atoms with Gasteiger partial charge >= 0.3 is 0 Å². The highest BCUT2D eigenvalue weighted by Gasteiger charge is 2.18. The quantitative estimate of drug-likeness (QED) is 0.489. The number of amides is 1. The van der Waals surface area contributed by atoms with Gasteiger partial charge in [-0.25, -0.2) is 9.37 Å². The average Bonchev–Trinajstić information content (AvgIpc) is 3.34. The monoisotopic (exact) mass is 423 g/mol. The molecule has 0 atom stereocenters. The number of aliphatic hydroxyl groups is 1. The van der Waals surface area contributed by atoms with Crippen molar-refractivity contribution in [2.24, 2.45) is 0 Å². The first-order valence-corrected chi connectivity index (χ1v) is 9.79. The van der Waals surface area contributed by atoms with Crippen molar-refractivity contribution in [2.45, 2.75) is 39.2 Å². The van der Waals surface area contributed by atoms with Crippen molar-refractivity contribution in [1.82, 2.24) is 19.5 Å². The topological polar surface area (TPSA) is 106 Å². The molecule has 0 spiro atoms. The van der Waals surface area contributed by atoms with E-state index in [1.54, 1.807) is 19.9 Å². The van der Waals surface area contributed by atoms with Crippen LogP contribution in [0.4, 0.5) is 10.1 Å². The van der Waals surface area contributed by atoms with Gasteiger partial charge < -0.3 is 14.9 Å². The van der Waals surface area contributed by atoms with Crippen LogP contribution in [0.25, 0.3) is 17.0 Å². The van der Waals surface area contributed by atoms with Crippen LogP contribution in [0.1, 0.15) is 42.2 Å². The minimum atomic E-state index is -0.823. The van der Waals surface area contributed by atoms with Crippen molar-refractivity contribution >= 4 is 17.2 Å². The number of pyridine rings is 1. The summed E-state index contributed by atoms with van der Waals surface area (Å²) in [5.41, 5.74) is 1.94. The van der Waals surface area contributed by atoms with Crippen LogP contribution in [0.15, 0.2) is 47.2 Å². The van der Waals surface area contributed by atoms with Crippen LogP contribution >= 0.6 is 0 Å². The summed E-state index contributed by atoms with van der Waals surface area (Å²) in [5.74, 6) is -0.0679. The lowest BCUT2D eigenvalue weighted by Gasteiger charge is -2.14. The Balaban J connectivity index is 1.56. The number of nitrogens with zero attached hydrogens (tertiary/aromatic N) is 4. The Morgan fingerprint density at radius 2 is 2.10 bits per heavy atom. The van der Waals surface area contributed by atoms with Gasteiger partial charge in [0.15, 0.2) is 0 Å². The van der Waals surface area contributed by atoms with Crippen molar-refractivity contribution in [3.05, 3.63) is 65.7 Å². The summed E-state index contributed by atoms with van der Waals surface area (Å²) in [6.45, 7) is 5.30. The van der Waals surface area contributed by atoms with E-state index in [1.807, 2.05) is 19.1 Å². The highest BCUT2D eigenvalue weighted by atomic mass is 19.1. The molecule has 8 nitrogen and oxygen atoms in total. The van der Waals surface area contributed by atoms with Gasteiger partial charge in [-0.3, -0.25) is 9.20 Å². The molecule has 1 amide bonds. The number of halogens is 1. The molecule has 2 N–H and O–H groups in total. The molecular formula is C22H22FN5O3. The fourth-order valence-electron chi connectivity index (χ4n) is 3.09. The molecule has 0 bridgehead atoms. The molecule has 9 heteroatoms. The first-order chi connectivity index (χ1) is 14.7. The molecule has 3 aromatic heterocycles. The maximum Gasteiger partial charge on any atom is 0.274 e. The van der Waals surface area contributed by atoms with Gasteiger partial charge in [0.1, 0.15) is 17.2 Å². The summed E-state index contributed by atoms with van der Waals surface area (Å²) in [6, 6.07) is 8.22. The summed E-state index contributed by atoms with van der Waals surface area (Å²) >= 11 is 0. The SMILES string of the molecule is Cc1ccc(-c2noc(CCC(C)(C)O)n2)cc1NC(=O)c1cnc2ccc(F)cn12. The van der Waals surface area contributed by atoms with Crippen LogP contribution in [-0.4, -0.2) is 36.1 Å². The molecule has 4 aromatic rings. The molecule has 0 radical (unpaired) electrons. The van der Waals surface area contributed by atoms with E-state index in [2.05, 4.69) is 20.4 Å². The Hall–Kier alpha value is -3.59. The molecule has 4 rings (SSSR count). The second-order valence-corrected chi connectivity index (χ2v) is 8.03. The summed E-state index contributed by atoms with van der Waals surface area (Å²) in [4.78, 5) is 21.3. The van der Waals surface area contributed by atoms with Crippen molar-refractivity contribution in [1.29, 1.82) is 0 Å². The van der Waals surface area contributed by atoms with Crippen molar-refractivity contribution in [2.75, 3.05) is 5.32 Å². The molecule has 0 saturated heterocycles. The lowest BCUT2D eigenvalue weighted by Crippen LogP contribution is -2.19. The van der Waals surface area contributed by atoms with Crippen LogP contribution in [0.2, 0.25) is 0 Å². The van der Waals surface area contributed by atoms with Gasteiger partial charge in [-0.05, 0) is 51.0 Å². The zero-order valence-electron chi connectivity index (χ0n) is 17.4. The van der Waals surface area contributed by atoms with E-state index in [-0.39, 0.29) is 5.69 Å². The minimum Gasteiger partial charge on any atom is -0.390 e. The molecule has 31 heavy (non-hydrogen) atoms. The number of aryl methyl sites for hydroxylation is 2. The zero-order chi connectivity index (χ0) is 22.2. The van der Waals surface area contributed by atoms with Crippen LogP contribution < -0.4 is 5.32 Å². The third-order valence-corrected chi connectivity index (χ3v) is 4.86. The fraction of sp³-hybridized carbons (Fsp3) is 0.273. The number of hydrogen-bond acceptors (Lipinski definition) is 6. The van der Waals surface area contributed by atoms with Crippen molar-refractivity contribution < 1.29 is 18.8 Å². The Morgan fingerprint density at radius 1 is 1.29 bits per heavy atom. The van der Waals surface area contributed by atoms with E-state index in [9.17, 15) is 14.3 Å². The largest absolute Gasteiger partial charge is 0.390 e.